The number of carbonyl (C=O) groups excluding carboxylic acids is 1. The molecule has 33 heavy (non-hydrogen) atoms. The van der Waals surface area contributed by atoms with E-state index < -0.39 is 6.10 Å². The van der Waals surface area contributed by atoms with Gasteiger partial charge in [0.1, 0.15) is 12.4 Å². The lowest BCUT2D eigenvalue weighted by Crippen LogP contribution is -2.32. The predicted molar refractivity (Wildman–Crippen MR) is 132 cm³/mol. The number of hydrogen-bond donors (Lipinski definition) is 1. The van der Waals surface area contributed by atoms with E-state index in [1.165, 1.54) is 27.7 Å². The minimum Gasteiger partial charge on any atom is -0.492 e. The molecule has 3 aromatic rings. The molecule has 2 heterocycles. The van der Waals surface area contributed by atoms with Crippen molar-refractivity contribution in [2.24, 2.45) is 0 Å². The highest BCUT2D eigenvalue weighted by Crippen LogP contribution is 2.25. The van der Waals surface area contributed by atoms with Crippen molar-refractivity contribution < 1.29 is 14.6 Å². The zero-order valence-corrected chi connectivity index (χ0v) is 20.0. The standard InChI is InChI=1S/C27H35N3O3/c1-20-21(2)30(26-8-5-4-7-25(20)26)19-23(31)18-28(3)17-22-10-12-24(13-11-22)33-16-15-29-14-6-9-27(29)32/h4-5,7-8,10-13,23,31H,6,9,14-19H2,1-3H3. The van der Waals surface area contributed by atoms with E-state index in [0.717, 1.165) is 25.3 Å². The van der Waals surface area contributed by atoms with E-state index >= 15 is 0 Å². The summed E-state index contributed by atoms with van der Waals surface area (Å²) >= 11 is 0. The van der Waals surface area contributed by atoms with Gasteiger partial charge in [0.2, 0.25) is 5.91 Å². The van der Waals surface area contributed by atoms with Gasteiger partial charge in [-0.25, -0.2) is 0 Å². The van der Waals surface area contributed by atoms with Crippen LogP contribution in [0.5, 0.6) is 5.75 Å². The van der Waals surface area contributed by atoms with Crippen molar-refractivity contribution in [3.05, 3.63) is 65.4 Å². The average molecular weight is 450 g/mol. The van der Waals surface area contributed by atoms with E-state index in [-0.39, 0.29) is 5.91 Å². The maximum absolute atomic E-state index is 11.7. The largest absolute Gasteiger partial charge is 0.492 e. The highest BCUT2D eigenvalue weighted by Gasteiger charge is 2.19. The number of nitrogens with zero attached hydrogens (tertiary/aromatic N) is 3. The minimum atomic E-state index is -0.459. The molecule has 6 nitrogen and oxygen atoms in total. The Morgan fingerprint density at radius 2 is 1.88 bits per heavy atom. The first-order chi connectivity index (χ1) is 15.9. The van der Waals surface area contributed by atoms with E-state index in [9.17, 15) is 9.90 Å². The molecule has 1 fully saturated rings. The van der Waals surface area contributed by atoms with Crippen molar-refractivity contribution in [1.29, 1.82) is 0 Å². The maximum atomic E-state index is 11.7. The van der Waals surface area contributed by atoms with Gasteiger partial charge in [-0.15, -0.1) is 0 Å². The molecule has 0 saturated carbocycles. The van der Waals surface area contributed by atoms with Gasteiger partial charge in [0.05, 0.1) is 19.2 Å². The van der Waals surface area contributed by atoms with Crippen LogP contribution in [-0.2, 0) is 17.9 Å². The minimum absolute atomic E-state index is 0.231. The molecule has 0 aliphatic carbocycles. The Morgan fingerprint density at radius 3 is 2.61 bits per heavy atom. The number of benzene rings is 2. The molecule has 1 unspecified atom stereocenters. The maximum Gasteiger partial charge on any atom is 0.222 e. The monoisotopic (exact) mass is 449 g/mol. The summed E-state index contributed by atoms with van der Waals surface area (Å²) in [6.07, 6.45) is 1.16. The van der Waals surface area contributed by atoms with Gasteiger partial charge in [0.25, 0.3) is 0 Å². The number of hydrogen-bond acceptors (Lipinski definition) is 4. The molecular formula is C27H35N3O3. The number of aromatic nitrogens is 1. The van der Waals surface area contributed by atoms with Gasteiger partial charge in [-0.1, -0.05) is 30.3 Å². The van der Waals surface area contributed by atoms with Crippen molar-refractivity contribution in [2.45, 2.75) is 45.9 Å². The summed E-state index contributed by atoms with van der Waals surface area (Å²) in [7, 11) is 2.03. The lowest BCUT2D eigenvalue weighted by atomic mass is 10.2. The number of amides is 1. The third-order valence-electron chi connectivity index (χ3n) is 6.64. The number of aliphatic hydroxyl groups is 1. The smallest absolute Gasteiger partial charge is 0.222 e. The van der Waals surface area contributed by atoms with Crippen LogP contribution in [0, 0.1) is 13.8 Å². The van der Waals surface area contributed by atoms with Crippen LogP contribution in [0.1, 0.15) is 29.7 Å². The van der Waals surface area contributed by atoms with Crippen LogP contribution in [-0.4, -0.2) is 64.8 Å². The second-order valence-corrected chi connectivity index (χ2v) is 9.17. The molecule has 0 spiro atoms. The Morgan fingerprint density at radius 1 is 1.12 bits per heavy atom. The molecule has 1 atom stereocenters. The fourth-order valence-corrected chi connectivity index (χ4v) is 4.75. The summed E-state index contributed by atoms with van der Waals surface area (Å²) in [6, 6.07) is 16.5. The number of para-hydroxylation sites is 1. The van der Waals surface area contributed by atoms with Gasteiger partial charge < -0.3 is 19.3 Å². The molecule has 1 aromatic heterocycles. The third kappa shape index (κ3) is 5.57. The third-order valence-corrected chi connectivity index (χ3v) is 6.64. The number of aliphatic hydroxyl groups excluding tert-OH is 1. The number of likely N-dealkylation sites (tertiary alicyclic amines) is 1. The number of fused-ring (bicyclic) bond motifs is 1. The number of carbonyl (C=O) groups is 1. The number of ether oxygens (including phenoxy) is 1. The number of rotatable bonds is 10. The van der Waals surface area contributed by atoms with E-state index in [1.54, 1.807) is 0 Å². The zero-order chi connectivity index (χ0) is 23.4. The number of aryl methyl sites for hydroxylation is 1. The van der Waals surface area contributed by atoms with Crippen LogP contribution in [0.2, 0.25) is 0 Å². The zero-order valence-electron chi connectivity index (χ0n) is 20.0. The molecule has 4 rings (SSSR count). The van der Waals surface area contributed by atoms with Gasteiger partial charge >= 0.3 is 0 Å². The summed E-state index contributed by atoms with van der Waals surface area (Å²) in [5.41, 5.74) is 4.84. The van der Waals surface area contributed by atoms with Gasteiger partial charge in [0.15, 0.2) is 0 Å². The lowest BCUT2D eigenvalue weighted by Gasteiger charge is -2.22. The molecule has 0 bridgehead atoms. The Labute approximate surface area is 196 Å². The van der Waals surface area contributed by atoms with E-state index in [4.69, 9.17) is 4.74 Å². The Balaban J connectivity index is 1.26. The molecule has 2 aromatic carbocycles. The predicted octanol–water partition coefficient (Wildman–Crippen LogP) is 3.75. The van der Waals surface area contributed by atoms with E-state index in [2.05, 4.69) is 59.7 Å². The molecule has 1 aliphatic heterocycles. The number of likely N-dealkylation sites (N-methyl/N-ethyl adjacent to an activating group) is 1. The van der Waals surface area contributed by atoms with Crippen LogP contribution in [0.4, 0.5) is 0 Å². The molecule has 0 radical (unpaired) electrons. The van der Waals surface area contributed by atoms with Gasteiger partial charge in [-0.05, 0) is 56.6 Å². The first-order valence-corrected chi connectivity index (χ1v) is 11.8. The molecular weight excluding hydrogens is 414 g/mol. The van der Waals surface area contributed by atoms with Crippen LogP contribution < -0.4 is 4.74 Å². The van der Waals surface area contributed by atoms with Crippen LogP contribution >= 0.6 is 0 Å². The summed E-state index contributed by atoms with van der Waals surface area (Å²) in [6.45, 7) is 8.21. The lowest BCUT2D eigenvalue weighted by molar-refractivity contribution is -0.128. The van der Waals surface area contributed by atoms with Crippen molar-refractivity contribution in [1.82, 2.24) is 14.4 Å². The SMILES string of the molecule is Cc1c(C)n(CC(O)CN(C)Cc2ccc(OCCN3CCCC3=O)cc2)c2ccccc12. The average Bonchev–Trinajstić information content (AvgIpc) is 3.31. The first-order valence-electron chi connectivity index (χ1n) is 11.8. The highest BCUT2D eigenvalue weighted by molar-refractivity contribution is 5.85. The first kappa shape index (κ1) is 23.3. The molecule has 1 saturated heterocycles. The topological polar surface area (TPSA) is 57.9 Å². The summed E-state index contributed by atoms with van der Waals surface area (Å²) in [5.74, 6) is 1.05. The van der Waals surface area contributed by atoms with Gasteiger partial charge in [-0.2, -0.15) is 0 Å². The van der Waals surface area contributed by atoms with Crippen LogP contribution in [0.25, 0.3) is 10.9 Å². The van der Waals surface area contributed by atoms with Gasteiger partial charge in [0, 0.05) is 42.7 Å². The van der Waals surface area contributed by atoms with E-state index in [0.29, 0.717) is 32.7 Å². The molecule has 176 valence electrons. The van der Waals surface area contributed by atoms with Crippen LogP contribution in [0.3, 0.4) is 0 Å². The highest BCUT2D eigenvalue weighted by atomic mass is 16.5. The second-order valence-electron chi connectivity index (χ2n) is 9.17. The normalized spacial score (nSPS) is 15.1. The quantitative estimate of drug-likeness (QED) is 0.512. The van der Waals surface area contributed by atoms with Crippen molar-refractivity contribution in [3.8, 4) is 5.75 Å². The molecule has 1 N–H and O–H groups in total. The molecule has 1 amide bonds. The molecule has 1 aliphatic rings. The Hall–Kier alpha value is -2.83. The summed E-state index contributed by atoms with van der Waals surface area (Å²) in [5, 5.41) is 12.0. The second kappa shape index (κ2) is 10.4. The summed E-state index contributed by atoms with van der Waals surface area (Å²) in [4.78, 5) is 15.7. The fourth-order valence-electron chi connectivity index (χ4n) is 4.75. The van der Waals surface area contributed by atoms with Crippen LogP contribution in [0.15, 0.2) is 48.5 Å². The van der Waals surface area contributed by atoms with Crippen molar-refractivity contribution >= 4 is 16.8 Å². The van der Waals surface area contributed by atoms with E-state index in [1.807, 2.05) is 24.1 Å². The van der Waals surface area contributed by atoms with Gasteiger partial charge in [-0.3, -0.25) is 9.69 Å². The molecule has 6 heteroatoms. The Bertz CT molecular complexity index is 1090. The Kier molecular flexibility index (Phi) is 7.36. The fraction of sp³-hybridized carbons (Fsp3) is 0.444. The summed E-state index contributed by atoms with van der Waals surface area (Å²) < 4.78 is 8.03. The van der Waals surface area contributed by atoms with Crippen molar-refractivity contribution in [2.75, 3.05) is 33.3 Å². The van der Waals surface area contributed by atoms with Crippen molar-refractivity contribution in [3.63, 3.8) is 0 Å².